The molecule has 0 unspecified atom stereocenters. The predicted molar refractivity (Wildman–Crippen MR) is 75.6 cm³/mol. The zero-order valence-electron chi connectivity index (χ0n) is 10.7. The van der Waals surface area contributed by atoms with Crippen molar-refractivity contribution in [1.82, 2.24) is 10.2 Å². The Balaban J connectivity index is 2.11. The number of nitrogens with one attached hydrogen (secondary N) is 2. The molecule has 0 aliphatic rings. The van der Waals surface area contributed by atoms with E-state index in [1.54, 1.807) is 6.07 Å². The van der Waals surface area contributed by atoms with E-state index in [1.807, 2.05) is 6.92 Å². The highest BCUT2D eigenvalue weighted by Crippen LogP contribution is 2.19. The largest absolute Gasteiger partial charge is 0.369 e. The first-order valence-corrected chi connectivity index (χ1v) is 6.32. The summed E-state index contributed by atoms with van der Waals surface area (Å²) in [5, 5.41) is 13.2. The molecule has 7 heteroatoms. The molecule has 0 spiro atoms. The Morgan fingerprint density at radius 1 is 1.30 bits per heavy atom. The Morgan fingerprint density at radius 3 is 2.70 bits per heavy atom. The maximum atomic E-state index is 13.5. The van der Waals surface area contributed by atoms with Crippen LogP contribution in [0.1, 0.15) is 17.4 Å². The molecule has 1 aromatic heterocycles. The lowest BCUT2D eigenvalue weighted by molar-refractivity contribution is 0.102. The van der Waals surface area contributed by atoms with E-state index in [2.05, 4.69) is 20.8 Å². The number of hydrogen-bond acceptors (Lipinski definition) is 4. The molecule has 0 aliphatic carbocycles. The summed E-state index contributed by atoms with van der Waals surface area (Å²) in [5.74, 6) is -0.577. The van der Waals surface area contributed by atoms with E-state index >= 15 is 0 Å². The smallest absolute Gasteiger partial charge is 0.276 e. The van der Waals surface area contributed by atoms with Crippen molar-refractivity contribution in [1.29, 1.82) is 0 Å². The fraction of sp³-hybridized carbons (Fsp3) is 0.154. The zero-order valence-corrected chi connectivity index (χ0v) is 11.4. The average Bonchev–Trinajstić information content (AvgIpc) is 2.43. The Bertz CT molecular complexity index is 618. The maximum absolute atomic E-state index is 13.5. The molecule has 1 aromatic carbocycles. The molecule has 0 atom stereocenters. The van der Waals surface area contributed by atoms with Crippen LogP contribution in [0.4, 0.5) is 15.9 Å². The summed E-state index contributed by atoms with van der Waals surface area (Å²) in [6, 6.07) is 7.13. The molecule has 2 aromatic rings. The zero-order chi connectivity index (χ0) is 14.5. The third kappa shape index (κ3) is 3.42. The summed E-state index contributed by atoms with van der Waals surface area (Å²) >= 11 is 5.64. The first-order valence-electron chi connectivity index (χ1n) is 5.94. The van der Waals surface area contributed by atoms with E-state index in [9.17, 15) is 9.18 Å². The fourth-order valence-corrected chi connectivity index (χ4v) is 1.66. The van der Waals surface area contributed by atoms with E-state index < -0.39 is 11.7 Å². The number of benzene rings is 1. The first-order chi connectivity index (χ1) is 9.60. The maximum Gasteiger partial charge on any atom is 0.276 e. The van der Waals surface area contributed by atoms with Crippen molar-refractivity contribution in [3.63, 3.8) is 0 Å². The van der Waals surface area contributed by atoms with Crippen molar-refractivity contribution in [3.05, 3.63) is 46.9 Å². The molecule has 0 saturated heterocycles. The normalized spacial score (nSPS) is 10.2. The van der Waals surface area contributed by atoms with Crippen LogP contribution in [-0.4, -0.2) is 22.6 Å². The third-order valence-electron chi connectivity index (χ3n) is 2.43. The van der Waals surface area contributed by atoms with Crippen LogP contribution in [0.2, 0.25) is 5.02 Å². The second-order valence-corrected chi connectivity index (χ2v) is 4.35. The van der Waals surface area contributed by atoms with E-state index in [1.165, 1.54) is 18.2 Å². The molecule has 5 nitrogen and oxygen atoms in total. The SMILES string of the molecule is CCNc1ccc(C(=O)Nc2ccc(Cl)cc2F)nn1. The second kappa shape index (κ2) is 6.29. The Labute approximate surface area is 120 Å². The van der Waals surface area contributed by atoms with Crippen LogP contribution >= 0.6 is 11.6 Å². The van der Waals surface area contributed by atoms with Crippen LogP contribution in [0.25, 0.3) is 0 Å². The van der Waals surface area contributed by atoms with Crippen LogP contribution in [0, 0.1) is 5.82 Å². The van der Waals surface area contributed by atoms with Gasteiger partial charge in [0.05, 0.1) is 5.69 Å². The number of amides is 1. The van der Waals surface area contributed by atoms with Crippen molar-refractivity contribution in [3.8, 4) is 0 Å². The van der Waals surface area contributed by atoms with Crippen LogP contribution < -0.4 is 10.6 Å². The molecule has 0 fully saturated rings. The van der Waals surface area contributed by atoms with Crippen molar-refractivity contribution >= 4 is 29.0 Å². The van der Waals surface area contributed by atoms with Crippen LogP contribution in [0.3, 0.4) is 0 Å². The fourth-order valence-electron chi connectivity index (χ4n) is 1.51. The van der Waals surface area contributed by atoms with Gasteiger partial charge < -0.3 is 10.6 Å². The summed E-state index contributed by atoms with van der Waals surface area (Å²) in [5.41, 5.74) is 0.137. The molecular formula is C13H12ClFN4O. The molecule has 104 valence electrons. The van der Waals surface area contributed by atoms with E-state index in [0.29, 0.717) is 12.4 Å². The monoisotopic (exact) mass is 294 g/mol. The molecular weight excluding hydrogens is 283 g/mol. The summed E-state index contributed by atoms with van der Waals surface area (Å²) in [4.78, 5) is 11.9. The standard InChI is InChI=1S/C13H12ClFN4O/c1-2-16-12-6-5-11(18-19-12)13(20)17-10-4-3-8(14)7-9(10)15/h3-7H,2H2,1H3,(H,16,19)(H,17,20). The number of nitrogens with zero attached hydrogens (tertiary/aromatic N) is 2. The third-order valence-corrected chi connectivity index (χ3v) is 2.67. The number of aromatic nitrogens is 2. The summed E-state index contributed by atoms with van der Waals surface area (Å²) in [6.07, 6.45) is 0. The summed E-state index contributed by atoms with van der Waals surface area (Å²) in [7, 11) is 0. The van der Waals surface area contributed by atoms with Gasteiger partial charge in [0.15, 0.2) is 5.69 Å². The van der Waals surface area contributed by atoms with Gasteiger partial charge in [0, 0.05) is 11.6 Å². The number of hydrogen-bond donors (Lipinski definition) is 2. The van der Waals surface area contributed by atoms with E-state index in [-0.39, 0.29) is 16.4 Å². The highest BCUT2D eigenvalue weighted by atomic mass is 35.5. The summed E-state index contributed by atoms with van der Waals surface area (Å²) < 4.78 is 13.5. The Hall–Kier alpha value is -2.21. The minimum atomic E-state index is -0.608. The molecule has 0 saturated carbocycles. The molecule has 2 rings (SSSR count). The van der Waals surface area contributed by atoms with Crippen molar-refractivity contribution in [2.75, 3.05) is 17.2 Å². The quantitative estimate of drug-likeness (QED) is 0.910. The number of rotatable bonds is 4. The Morgan fingerprint density at radius 2 is 2.10 bits per heavy atom. The van der Waals surface area contributed by atoms with Crippen LogP contribution in [-0.2, 0) is 0 Å². The molecule has 0 radical (unpaired) electrons. The lowest BCUT2D eigenvalue weighted by atomic mass is 10.3. The topological polar surface area (TPSA) is 66.9 Å². The van der Waals surface area contributed by atoms with Gasteiger partial charge in [-0.15, -0.1) is 10.2 Å². The van der Waals surface area contributed by atoms with Crippen LogP contribution in [0.5, 0.6) is 0 Å². The van der Waals surface area contributed by atoms with Crippen LogP contribution in [0.15, 0.2) is 30.3 Å². The minimum Gasteiger partial charge on any atom is -0.369 e. The van der Waals surface area contributed by atoms with Crippen molar-refractivity contribution in [2.24, 2.45) is 0 Å². The number of halogens is 2. The van der Waals surface area contributed by atoms with E-state index in [0.717, 1.165) is 6.07 Å². The number of carbonyl (C=O) groups is 1. The molecule has 1 heterocycles. The van der Waals surface area contributed by atoms with Crippen molar-refractivity contribution in [2.45, 2.75) is 6.92 Å². The van der Waals surface area contributed by atoms with Crippen molar-refractivity contribution < 1.29 is 9.18 Å². The van der Waals surface area contributed by atoms with E-state index in [4.69, 9.17) is 11.6 Å². The predicted octanol–water partition coefficient (Wildman–Crippen LogP) is 2.95. The highest BCUT2D eigenvalue weighted by molar-refractivity contribution is 6.30. The van der Waals surface area contributed by atoms with Gasteiger partial charge in [-0.3, -0.25) is 4.79 Å². The molecule has 0 bridgehead atoms. The average molecular weight is 295 g/mol. The minimum absolute atomic E-state index is 0.0389. The highest BCUT2D eigenvalue weighted by Gasteiger charge is 2.11. The van der Waals surface area contributed by atoms with Gasteiger partial charge in [0.1, 0.15) is 11.6 Å². The van der Waals surface area contributed by atoms with Gasteiger partial charge in [-0.2, -0.15) is 0 Å². The summed E-state index contributed by atoms with van der Waals surface area (Å²) in [6.45, 7) is 2.63. The van der Waals surface area contributed by atoms with Gasteiger partial charge >= 0.3 is 0 Å². The lowest BCUT2D eigenvalue weighted by Crippen LogP contribution is -2.15. The molecule has 0 aliphatic heterocycles. The van der Waals surface area contributed by atoms with Gasteiger partial charge in [0.2, 0.25) is 0 Å². The lowest BCUT2D eigenvalue weighted by Gasteiger charge is -2.06. The Kier molecular flexibility index (Phi) is 4.47. The second-order valence-electron chi connectivity index (χ2n) is 3.91. The van der Waals surface area contributed by atoms with Gasteiger partial charge in [-0.05, 0) is 37.3 Å². The first kappa shape index (κ1) is 14.2. The molecule has 2 N–H and O–H groups in total. The van der Waals surface area contributed by atoms with Gasteiger partial charge in [-0.25, -0.2) is 4.39 Å². The van der Waals surface area contributed by atoms with Gasteiger partial charge in [-0.1, -0.05) is 11.6 Å². The molecule has 1 amide bonds. The number of anilines is 2. The van der Waals surface area contributed by atoms with Gasteiger partial charge in [0.25, 0.3) is 5.91 Å². The molecule has 20 heavy (non-hydrogen) atoms. The number of carbonyl (C=O) groups excluding carboxylic acids is 1.